The van der Waals surface area contributed by atoms with Crippen LogP contribution in [0.2, 0.25) is 0 Å². The highest BCUT2D eigenvalue weighted by atomic mass is 16.5. The molecule has 0 aliphatic carbocycles. The monoisotopic (exact) mass is 269 g/mol. The zero-order valence-corrected chi connectivity index (χ0v) is 12.1. The molecule has 1 rings (SSSR count). The summed E-state index contributed by atoms with van der Waals surface area (Å²) in [6.07, 6.45) is 0. The Morgan fingerprint density at radius 1 is 0.947 bits per heavy atom. The van der Waals surface area contributed by atoms with Gasteiger partial charge in [0.25, 0.3) is 0 Å². The molecule has 0 unspecified atom stereocenters. The molecule has 0 bridgehead atoms. The van der Waals surface area contributed by atoms with Crippen molar-refractivity contribution in [3.05, 3.63) is 6.07 Å². The second-order valence-corrected chi connectivity index (χ2v) is 4.71. The van der Waals surface area contributed by atoms with Crippen molar-refractivity contribution in [2.75, 3.05) is 60.2 Å². The van der Waals surface area contributed by atoms with Gasteiger partial charge in [-0.15, -0.1) is 0 Å². The quantitative estimate of drug-likeness (QED) is 0.708. The summed E-state index contributed by atoms with van der Waals surface area (Å²) in [5.41, 5.74) is 5.62. The van der Waals surface area contributed by atoms with E-state index >= 15 is 0 Å². The third-order valence-corrected chi connectivity index (χ3v) is 2.27. The van der Waals surface area contributed by atoms with Gasteiger partial charge < -0.3 is 25.0 Å². The van der Waals surface area contributed by atoms with Crippen LogP contribution in [0.25, 0.3) is 0 Å². The summed E-state index contributed by atoms with van der Waals surface area (Å²) >= 11 is 0. The molecule has 0 aliphatic rings. The second-order valence-electron chi connectivity index (χ2n) is 4.71. The molecule has 19 heavy (non-hydrogen) atoms. The molecule has 0 aromatic carbocycles. The van der Waals surface area contributed by atoms with Gasteiger partial charge in [-0.3, -0.25) is 0 Å². The number of nitrogens with zero attached hydrogens (tertiary/aromatic N) is 4. The molecule has 0 radical (unpaired) electrons. The van der Waals surface area contributed by atoms with Crippen molar-refractivity contribution < 1.29 is 9.47 Å². The molecule has 0 saturated carbocycles. The third kappa shape index (κ3) is 6.78. The summed E-state index contributed by atoms with van der Waals surface area (Å²) in [5.74, 6) is 1.03. The summed E-state index contributed by atoms with van der Waals surface area (Å²) in [7, 11) is 7.92. The van der Waals surface area contributed by atoms with Crippen molar-refractivity contribution in [3.8, 4) is 11.8 Å². The molecular weight excluding hydrogens is 246 g/mol. The smallest absolute Gasteiger partial charge is 0.226 e. The lowest BCUT2D eigenvalue weighted by molar-refractivity contribution is 0.241. The van der Waals surface area contributed by atoms with E-state index < -0.39 is 0 Å². The number of rotatable bonds is 8. The van der Waals surface area contributed by atoms with Crippen molar-refractivity contribution in [1.29, 1.82) is 0 Å². The van der Waals surface area contributed by atoms with Crippen molar-refractivity contribution in [3.63, 3.8) is 0 Å². The SMILES string of the molecule is CN(C)CCOc1cc(OCCN(C)C)nc(N)n1. The van der Waals surface area contributed by atoms with Gasteiger partial charge in [0.15, 0.2) is 0 Å². The van der Waals surface area contributed by atoms with Crippen LogP contribution in [0.3, 0.4) is 0 Å². The molecule has 2 N–H and O–H groups in total. The van der Waals surface area contributed by atoms with Crippen LogP contribution in [0.5, 0.6) is 11.8 Å². The number of ether oxygens (including phenoxy) is 2. The fourth-order valence-electron chi connectivity index (χ4n) is 1.23. The molecule has 0 fully saturated rings. The van der Waals surface area contributed by atoms with E-state index in [-0.39, 0.29) is 5.95 Å². The maximum absolute atomic E-state index is 5.62. The molecule has 7 heteroatoms. The Bertz CT molecular complexity index is 352. The summed E-state index contributed by atoms with van der Waals surface area (Å²) < 4.78 is 11.0. The van der Waals surface area contributed by atoms with Gasteiger partial charge in [-0.05, 0) is 28.2 Å². The Hall–Kier alpha value is -1.60. The Balaban J connectivity index is 2.51. The van der Waals surface area contributed by atoms with Crippen LogP contribution >= 0.6 is 0 Å². The maximum Gasteiger partial charge on any atom is 0.226 e. The minimum Gasteiger partial charge on any atom is -0.476 e. The van der Waals surface area contributed by atoms with E-state index in [0.717, 1.165) is 13.1 Å². The Morgan fingerprint density at radius 3 is 1.74 bits per heavy atom. The largest absolute Gasteiger partial charge is 0.476 e. The number of nitrogens with two attached hydrogens (primary N) is 1. The minimum atomic E-state index is 0.155. The number of aromatic nitrogens is 2. The highest BCUT2D eigenvalue weighted by molar-refractivity contribution is 5.29. The number of anilines is 1. The molecule has 7 nitrogen and oxygen atoms in total. The zero-order chi connectivity index (χ0) is 14.3. The van der Waals surface area contributed by atoms with Gasteiger partial charge in [-0.2, -0.15) is 9.97 Å². The number of hydrogen-bond donors (Lipinski definition) is 1. The Kier molecular flexibility index (Phi) is 6.31. The number of hydrogen-bond acceptors (Lipinski definition) is 7. The van der Waals surface area contributed by atoms with E-state index in [1.54, 1.807) is 6.07 Å². The highest BCUT2D eigenvalue weighted by Gasteiger charge is 2.05. The van der Waals surface area contributed by atoms with Gasteiger partial charge in [0.1, 0.15) is 13.2 Å². The molecule has 0 amide bonds. The average Bonchev–Trinajstić information content (AvgIpc) is 2.27. The van der Waals surface area contributed by atoms with Crippen molar-refractivity contribution >= 4 is 5.95 Å². The van der Waals surface area contributed by atoms with Gasteiger partial charge in [0, 0.05) is 13.1 Å². The van der Waals surface area contributed by atoms with Crippen LogP contribution < -0.4 is 15.2 Å². The van der Waals surface area contributed by atoms with E-state index in [1.165, 1.54) is 0 Å². The van der Waals surface area contributed by atoms with E-state index in [1.807, 2.05) is 38.0 Å². The lowest BCUT2D eigenvalue weighted by Gasteiger charge is -2.12. The molecular formula is C12H23N5O2. The fourth-order valence-corrected chi connectivity index (χ4v) is 1.23. The minimum absolute atomic E-state index is 0.155. The lowest BCUT2D eigenvalue weighted by Crippen LogP contribution is -2.20. The summed E-state index contributed by atoms with van der Waals surface area (Å²) in [4.78, 5) is 12.1. The number of nitrogen functional groups attached to an aromatic ring is 1. The van der Waals surface area contributed by atoms with Crippen molar-refractivity contribution in [2.24, 2.45) is 0 Å². The fraction of sp³-hybridized carbons (Fsp3) is 0.667. The topological polar surface area (TPSA) is 76.7 Å². The predicted molar refractivity (Wildman–Crippen MR) is 74.5 cm³/mol. The molecule has 108 valence electrons. The molecule has 0 spiro atoms. The van der Waals surface area contributed by atoms with Crippen LogP contribution in [-0.4, -0.2) is 74.3 Å². The third-order valence-electron chi connectivity index (χ3n) is 2.27. The van der Waals surface area contributed by atoms with Crippen molar-refractivity contribution in [1.82, 2.24) is 19.8 Å². The lowest BCUT2D eigenvalue weighted by atomic mass is 10.5. The Morgan fingerprint density at radius 2 is 1.37 bits per heavy atom. The first-order valence-electron chi connectivity index (χ1n) is 6.17. The summed E-state index contributed by atoms with van der Waals surface area (Å²) in [6.45, 7) is 2.70. The molecule has 0 atom stereocenters. The number of likely N-dealkylation sites (N-methyl/N-ethyl adjacent to an activating group) is 2. The van der Waals surface area contributed by atoms with Crippen LogP contribution in [0.1, 0.15) is 0 Å². The van der Waals surface area contributed by atoms with Gasteiger partial charge in [-0.1, -0.05) is 0 Å². The maximum atomic E-state index is 5.62. The average molecular weight is 269 g/mol. The van der Waals surface area contributed by atoms with Gasteiger partial charge >= 0.3 is 0 Å². The molecule has 0 saturated heterocycles. The summed E-state index contributed by atoms with van der Waals surface area (Å²) in [6, 6.07) is 1.65. The highest BCUT2D eigenvalue weighted by Crippen LogP contribution is 2.16. The second kappa shape index (κ2) is 7.75. The first-order valence-corrected chi connectivity index (χ1v) is 6.17. The Labute approximate surface area is 114 Å². The zero-order valence-electron chi connectivity index (χ0n) is 12.1. The molecule has 1 aromatic rings. The molecule has 0 aliphatic heterocycles. The van der Waals surface area contributed by atoms with Crippen LogP contribution in [0.4, 0.5) is 5.95 Å². The normalized spacial score (nSPS) is 11.1. The first-order chi connectivity index (χ1) is 8.97. The van der Waals surface area contributed by atoms with E-state index in [2.05, 4.69) is 9.97 Å². The van der Waals surface area contributed by atoms with E-state index in [9.17, 15) is 0 Å². The van der Waals surface area contributed by atoms with Crippen molar-refractivity contribution in [2.45, 2.75) is 0 Å². The summed E-state index contributed by atoms with van der Waals surface area (Å²) in [5, 5.41) is 0. The van der Waals surface area contributed by atoms with Gasteiger partial charge in [0.2, 0.25) is 17.7 Å². The van der Waals surface area contributed by atoms with Crippen LogP contribution in [0.15, 0.2) is 6.07 Å². The van der Waals surface area contributed by atoms with E-state index in [0.29, 0.717) is 25.0 Å². The van der Waals surface area contributed by atoms with Crippen LogP contribution in [-0.2, 0) is 0 Å². The first kappa shape index (κ1) is 15.5. The standard InChI is InChI=1S/C12H23N5O2/c1-16(2)5-7-18-10-9-11(15-12(13)14-10)19-8-6-17(3)4/h9H,5-8H2,1-4H3,(H2,13,14,15). The molecule has 1 heterocycles. The molecule has 1 aromatic heterocycles. The van der Waals surface area contributed by atoms with Crippen LogP contribution in [0, 0.1) is 0 Å². The van der Waals surface area contributed by atoms with Gasteiger partial charge in [-0.25, -0.2) is 0 Å². The van der Waals surface area contributed by atoms with Gasteiger partial charge in [0.05, 0.1) is 6.07 Å². The van der Waals surface area contributed by atoms with E-state index in [4.69, 9.17) is 15.2 Å². The predicted octanol–water partition coefficient (Wildman–Crippen LogP) is -0.0604.